The molecule has 0 aliphatic carbocycles. The van der Waals surface area contributed by atoms with Crippen molar-refractivity contribution in [1.82, 2.24) is 4.90 Å². The molecule has 1 fully saturated rings. The predicted molar refractivity (Wildman–Crippen MR) is 93.8 cm³/mol. The highest BCUT2D eigenvalue weighted by molar-refractivity contribution is 5.82. The standard InChI is InChI=1S/C19H25NO4/c1-13-9-19(22)24-18-8-14(2)17(10-16(13)18)23-12-15(21)11-20-6-4-3-5-7-20/h8-10,15,21H,3-7,11-12H2,1-2H3/t15-/m1/s1. The van der Waals surface area contributed by atoms with Gasteiger partial charge in [-0.1, -0.05) is 6.42 Å². The Hall–Kier alpha value is -1.85. The summed E-state index contributed by atoms with van der Waals surface area (Å²) in [5, 5.41) is 11.1. The van der Waals surface area contributed by atoms with Crippen molar-refractivity contribution in [2.75, 3.05) is 26.2 Å². The Bertz CT molecular complexity index is 762. The first-order valence-corrected chi connectivity index (χ1v) is 8.61. The number of hydrogen-bond donors (Lipinski definition) is 1. The molecule has 5 heteroatoms. The average Bonchev–Trinajstić information content (AvgIpc) is 2.54. The molecular weight excluding hydrogens is 306 g/mol. The number of likely N-dealkylation sites (tertiary alicyclic amines) is 1. The van der Waals surface area contributed by atoms with Gasteiger partial charge in [-0.3, -0.25) is 0 Å². The lowest BCUT2D eigenvalue weighted by Crippen LogP contribution is -2.38. The van der Waals surface area contributed by atoms with Crippen LogP contribution >= 0.6 is 0 Å². The second-order valence-electron chi connectivity index (χ2n) is 6.69. The number of β-amino-alcohol motifs (C(OH)–C–C–N with tert-alkyl or cyclic N) is 1. The summed E-state index contributed by atoms with van der Waals surface area (Å²) >= 11 is 0. The summed E-state index contributed by atoms with van der Waals surface area (Å²) in [7, 11) is 0. The smallest absolute Gasteiger partial charge is 0.336 e. The minimum absolute atomic E-state index is 0.263. The van der Waals surface area contributed by atoms with Gasteiger partial charge in [-0.05, 0) is 63.0 Å². The summed E-state index contributed by atoms with van der Waals surface area (Å²) in [5.41, 5.74) is 1.98. The van der Waals surface area contributed by atoms with Gasteiger partial charge in [-0.25, -0.2) is 4.79 Å². The molecule has 0 saturated carbocycles. The number of nitrogens with zero attached hydrogens (tertiary/aromatic N) is 1. The molecule has 0 spiro atoms. The zero-order valence-corrected chi connectivity index (χ0v) is 14.4. The molecule has 2 heterocycles. The van der Waals surface area contributed by atoms with Gasteiger partial charge < -0.3 is 19.2 Å². The van der Waals surface area contributed by atoms with Crippen LogP contribution in [0.15, 0.2) is 27.4 Å². The van der Waals surface area contributed by atoms with E-state index in [2.05, 4.69) is 4.90 Å². The fourth-order valence-corrected chi connectivity index (χ4v) is 3.28. The minimum atomic E-state index is -0.506. The van der Waals surface area contributed by atoms with Gasteiger partial charge in [-0.2, -0.15) is 0 Å². The van der Waals surface area contributed by atoms with E-state index in [0.717, 1.165) is 35.4 Å². The van der Waals surface area contributed by atoms with Crippen molar-refractivity contribution in [2.45, 2.75) is 39.2 Å². The zero-order valence-electron chi connectivity index (χ0n) is 14.4. The Kier molecular flexibility index (Phi) is 5.21. The summed E-state index contributed by atoms with van der Waals surface area (Å²) in [5.74, 6) is 0.720. The number of aryl methyl sites for hydroxylation is 2. The van der Waals surface area contributed by atoms with Gasteiger partial charge in [0.15, 0.2) is 0 Å². The lowest BCUT2D eigenvalue weighted by atomic mass is 10.1. The van der Waals surface area contributed by atoms with Gasteiger partial charge in [0.25, 0.3) is 0 Å². The third-order valence-electron chi connectivity index (χ3n) is 4.60. The Balaban J connectivity index is 1.68. The maximum atomic E-state index is 11.5. The van der Waals surface area contributed by atoms with Gasteiger partial charge >= 0.3 is 5.63 Å². The average molecular weight is 331 g/mol. The van der Waals surface area contributed by atoms with Crippen LogP contribution < -0.4 is 10.4 Å². The zero-order chi connectivity index (χ0) is 17.1. The highest BCUT2D eigenvalue weighted by Gasteiger charge is 2.16. The summed E-state index contributed by atoms with van der Waals surface area (Å²) < 4.78 is 11.1. The van der Waals surface area contributed by atoms with Crippen LogP contribution in [-0.2, 0) is 0 Å². The van der Waals surface area contributed by atoms with E-state index in [1.165, 1.54) is 25.3 Å². The van der Waals surface area contributed by atoms with Crippen LogP contribution in [0, 0.1) is 13.8 Å². The topological polar surface area (TPSA) is 62.9 Å². The van der Waals surface area contributed by atoms with Gasteiger partial charge in [0.2, 0.25) is 0 Å². The van der Waals surface area contributed by atoms with E-state index in [1.54, 1.807) is 0 Å². The maximum absolute atomic E-state index is 11.5. The summed E-state index contributed by atoms with van der Waals surface area (Å²) in [6, 6.07) is 5.18. The number of fused-ring (bicyclic) bond motifs is 1. The van der Waals surface area contributed by atoms with E-state index in [1.807, 2.05) is 26.0 Å². The van der Waals surface area contributed by atoms with E-state index in [9.17, 15) is 9.90 Å². The SMILES string of the molecule is Cc1cc2oc(=O)cc(C)c2cc1OC[C@H](O)CN1CCCCC1. The molecule has 1 aromatic heterocycles. The summed E-state index contributed by atoms with van der Waals surface area (Å²) in [4.78, 5) is 13.8. The van der Waals surface area contributed by atoms with E-state index in [4.69, 9.17) is 9.15 Å². The summed E-state index contributed by atoms with van der Waals surface area (Å²) in [6.07, 6.45) is 3.20. The second kappa shape index (κ2) is 7.36. The van der Waals surface area contributed by atoms with Crippen LogP contribution in [0.2, 0.25) is 0 Å². The van der Waals surface area contributed by atoms with Crippen LogP contribution in [0.1, 0.15) is 30.4 Å². The molecule has 130 valence electrons. The van der Waals surface area contributed by atoms with Crippen LogP contribution in [-0.4, -0.2) is 42.4 Å². The molecule has 1 N–H and O–H groups in total. The fourth-order valence-electron chi connectivity index (χ4n) is 3.28. The molecule has 1 aliphatic rings. The largest absolute Gasteiger partial charge is 0.491 e. The molecule has 3 rings (SSSR count). The fraction of sp³-hybridized carbons (Fsp3) is 0.526. The predicted octanol–water partition coefficient (Wildman–Crippen LogP) is 2.64. The van der Waals surface area contributed by atoms with E-state index in [-0.39, 0.29) is 12.2 Å². The third kappa shape index (κ3) is 3.97. The number of ether oxygens (including phenoxy) is 1. The monoisotopic (exact) mass is 331 g/mol. The molecule has 1 saturated heterocycles. The highest BCUT2D eigenvalue weighted by Crippen LogP contribution is 2.27. The van der Waals surface area contributed by atoms with Crippen molar-refractivity contribution in [2.24, 2.45) is 0 Å². The lowest BCUT2D eigenvalue weighted by molar-refractivity contribution is 0.0615. The Morgan fingerprint density at radius 1 is 1.17 bits per heavy atom. The molecule has 24 heavy (non-hydrogen) atoms. The highest BCUT2D eigenvalue weighted by atomic mass is 16.5. The third-order valence-corrected chi connectivity index (χ3v) is 4.60. The molecule has 1 aromatic carbocycles. The van der Waals surface area contributed by atoms with Crippen molar-refractivity contribution in [3.05, 3.63) is 39.7 Å². The number of hydrogen-bond acceptors (Lipinski definition) is 5. The molecule has 2 aromatic rings. The first-order valence-electron chi connectivity index (χ1n) is 8.61. The quantitative estimate of drug-likeness (QED) is 0.854. The Labute approximate surface area is 141 Å². The number of aliphatic hydroxyl groups excluding tert-OH is 1. The van der Waals surface area contributed by atoms with Crippen LogP contribution in [0.5, 0.6) is 5.75 Å². The van der Waals surface area contributed by atoms with Crippen LogP contribution in [0.3, 0.4) is 0 Å². The number of benzene rings is 1. The number of rotatable bonds is 5. The van der Waals surface area contributed by atoms with E-state index < -0.39 is 6.10 Å². The van der Waals surface area contributed by atoms with Crippen molar-refractivity contribution in [3.8, 4) is 5.75 Å². The van der Waals surface area contributed by atoms with Crippen molar-refractivity contribution >= 4 is 11.0 Å². The number of piperidine rings is 1. The van der Waals surface area contributed by atoms with Crippen molar-refractivity contribution in [1.29, 1.82) is 0 Å². The lowest BCUT2D eigenvalue weighted by Gasteiger charge is -2.28. The molecule has 1 atom stereocenters. The van der Waals surface area contributed by atoms with Crippen molar-refractivity contribution in [3.63, 3.8) is 0 Å². The first kappa shape index (κ1) is 17.0. The molecular formula is C19H25NO4. The molecule has 5 nitrogen and oxygen atoms in total. The van der Waals surface area contributed by atoms with Gasteiger partial charge in [-0.15, -0.1) is 0 Å². The van der Waals surface area contributed by atoms with E-state index >= 15 is 0 Å². The minimum Gasteiger partial charge on any atom is -0.491 e. The van der Waals surface area contributed by atoms with Crippen molar-refractivity contribution < 1.29 is 14.3 Å². The molecule has 0 bridgehead atoms. The number of aliphatic hydroxyl groups is 1. The first-order chi connectivity index (χ1) is 11.5. The normalized spacial score (nSPS) is 17.1. The van der Waals surface area contributed by atoms with E-state index in [0.29, 0.717) is 12.1 Å². The second-order valence-corrected chi connectivity index (χ2v) is 6.69. The summed E-state index contributed by atoms with van der Waals surface area (Å²) in [6.45, 7) is 6.82. The van der Waals surface area contributed by atoms with Gasteiger partial charge in [0.05, 0.1) is 0 Å². The van der Waals surface area contributed by atoms with Crippen LogP contribution in [0.4, 0.5) is 0 Å². The Morgan fingerprint density at radius 3 is 2.67 bits per heavy atom. The maximum Gasteiger partial charge on any atom is 0.336 e. The van der Waals surface area contributed by atoms with Gasteiger partial charge in [0, 0.05) is 18.0 Å². The molecule has 1 aliphatic heterocycles. The van der Waals surface area contributed by atoms with Crippen LogP contribution in [0.25, 0.3) is 11.0 Å². The Morgan fingerprint density at radius 2 is 1.92 bits per heavy atom. The van der Waals surface area contributed by atoms with Gasteiger partial charge in [0.1, 0.15) is 24.0 Å². The molecule has 0 unspecified atom stereocenters. The molecule has 0 amide bonds. The molecule has 0 radical (unpaired) electrons.